The highest BCUT2D eigenvalue weighted by atomic mass is 35.5. The smallest absolute Gasteiger partial charge is 0.0701 e. The summed E-state index contributed by atoms with van der Waals surface area (Å²) in [7, 11) is 0. The Hall–Kier alpha value is -0.730. The third-order valence-corrected chi connectivity index (χ3v) is 1.51. The summed E-state index contributed by atoms with van der Waals surface area (Å²) >= 11 is 0. The molecule has 0 amide bonds. The zero-order valence-electron chi connectivity index (χ0n) is 6.44. The molecular weight excluding hydrogens is 190 g/mol. The van der Waals surface area contributed by atoms with Crippen molar-refractivity contribution in [2.45, 2.75) is 0 Å². The normalized spacial score (nSPS) is 8.33. The number of aromatic nitrogens is 1. The number of fused-ring (bicyclic) bond motifs is 1. The van der Waals surface area contributed by atoms with Crippen molar-refractivity contribution in [2.75, 3.05) is 0 Å². The third kappa shape index (κ3) is 2.13. The van der Waals surface area contributed by atoms with Gasteiger partial charge in [-0.25, -0.2) is 0 Å². The molecule has 0 bridgehead atoms. The molecule has 1 heterocycles. The summed E-state index contributed by atoms with van der Waals surface area (Å²) in [5, 5.41) is 1.20. The fourth-order valence-corrected chi connectivity index (χ4v) is 1.02. The van der Waals surface area contributed by atoms with E-state index in [1.807, 2.05) is 30.5 Å². The van der Waals surface area contributed by atoms with Crippen LogP contribution in [0.4, 0.5) is 0 Å². The van der Waals surface area contributed by atoms with Crippen molar-refractivity contribution >= 4 is 24.4 Å². The van der Waals surface area contributed by atoms with E-state index in [0.29, 0.717) is 0 Å². The summed E-state index contributed by atoms with van der Waals surface area (Å²) in [6.45, 7) is 0. The number of pyridine rings is 1. The van der Waals surface area contributed by atoms with E-state index >= 15 is 0 Å². The Kier molecular flexibility index (Phi) is 4.71. The topological polar surface area (TPSA) is 12.9 Å². The molecule has 0 unspecified atom stereocenters. The number of benzene rings is 1. The van der Waals surface area contributed by atoms with Crippen LogP contribution in [0.3, 0.4) is 0 Å². The number of para-hydroxylation sites is 1. The second kappa shape index (κ2) is 5.01. The van der Waals surface area contributed by atoms with Gasteiger partial charge in [0.15, 0.2) is 0 Å². The summed E-state index contributed by atoms with van der Waals surface area (Å²) in [6, 6.07) is 12.1. The molecule has 2 aromatic rings. The average molecular weight is 200 g/mol. The third-order valence-electron chi connectivity index (χ3n) is 1.51. The van der Waals surface area contributed by atoms with Crippen LogP contribution in [0.1, 0.15) is 0 Å². The van der Waals surface area contributed by atoms with Gasteiger partial charge in [-0.05, 0) is 12.1 Å². The van der Waals surface area contributed by atoms with Gasteiger partial charge in [-0.2, -0.15) is 0 Å². The van der Waals surface area contributed by atoms with E-state index in [-0.39, 0.29) is 25.9 Å². The lowest BCUT2D eigenvalue weighted by Crippen LogP contribution is -3.00. The Morgan fingerprint density at radius 3 is 2.33 bits per heavy atom. The molecule has 0 spiro atoms. The minimum Gasteiger partial charge on any atom is -1.00 e. The number of hydrogen-bond donors (Lipinski definition) is 0. The Morgan fingerprint density at radius 2 is 1.58 bits per heavy atom. The summed E-state index contributed by atoms with van der Waals surface area (Å²) in [4.78, 5) is 4.18. The van der Waals surface area contributed by atoms with Crippen LogP contribution in [0.25, 0.3) is 10.9 Å². The highest BCUT2D eigenvalue weighted by Crippen LogP contribution is 2.07. The summed E-state index contributed by atoms with van der Waals surface area (Å²) in [6.07, 6.45) is 1.81. The largest absolute Gasteiger partial charge is 1.00 e. The van der Waals surface area contributed by atoms with E-state index in [2.05, 4.69) is 17.1 Å². The Labute approximate surface area is 84.7 Å². The molecule has 2 rings (SSSR count). The minimum absolute atomic E-state index is 0. The quantitative estimate of drug-likeness (QED) is 0.468. The number of nitrogens with zero attached hydrogens (tertiary/aromatic N) is 1. The molecule has 0 aliphatic heterocycles. The first-order valence-electron chi connectivity index (χ1n) is 3.26. The summed E-state index contributed by atoms with van der Waals surface area (Å²) < 4.78 is 0. The van der Waals surface area contributed by atoms with Gasteiger partial charge in [0.1, 0.15) is 0 Å². The lowest BCUT2D eigenvalue weighted by atomic mass is 10.2. The van der Waals surface area contributed by atoms with E-state index in [9.17, 15) is 0 Å². The predicted molar refractivity (Wildman–Crippen MR) is 53.3 cm³/mol. The van der Waals surface area contributed by atoms with Gasteiger partial charge in [-0.3, -0.25) is 4.98 Å². The fraction of sp³-hybridized carbons (Fsp3) is 0. The Morgan fingerprint density at radius 1 is 0.917 bits per heavy atom. The van der Waals surface area contributed by atoms with Crippen LogP contribution < -0.4 is 12.4 Å². The second-order valence-corrected chi connectivity index (χ2v) is 2.20. The van der Waals surface area contributed by atoms with Crippen LogP contribution in [-0.4, -0.2) is 4.98 Å². The molecule has 12 heavy (non-hydrogen) atoms. The maximum atomic E-state index is 4.18. The van der Waals surface area contributed by atoms with Crippen molar-refractivity contribution in [3.63, 3.8) is 0 Å². The van der Waals surface area contributed by atoms with Crippen molar-refractivity contribution in [2.24, 2.45) is 0 Å². The lowest BCUT2D eigenvalue weighted by Gasteiger charge is -1.91. The van der Waals surface area contributed by atoms with Crippen LogP contribution in [0.15, 0.2) is 42.6 Å². The monoisotopic (exact) mass is 199 g/mol. The zero-order chi connectivity index (χ0) is 6.81. The van der Waals surface area contributed by atoms with E-state index in [4.69, 9.17) is 0 Å². The molecule has 0 aliphatic rings. The van der Waals surface area contributed by atoms with Crippen LogP contribution in [0, 0.1) is 0 Å². The van der Waals surface area contributed by atoms with Gasteiger partial charge in [-0.15, -0.1) is 0 Å². The van der Waals surface area contributed by atoms with Gasteiger partial charge < -0.3 is 12.4 Å². The fourth-order valence-electron chi connectivity index (χ4n) is 1.02. The average Bonchev–Trinajstić information content (AvgIpc) is 2.05. The van der Waals surface area contributed by atoms with E-state index in [1.54, 1.807) is 0 Å². The molecule has 0 saturated carbocycles. The van der Waals surface area contributed by atoms with Crippen molar-refractivity contribution in [3.8, 4) is 0 Å². The van der Waals surface area contributed by atoms with Crippen molar-refractivity contribution in [1.29, 1.82) is 0 Å². The molecule has 1 nitrogen and oxygen atoms in total. The first-order valence-corrected chi connectivity index (χ1v) is 3.26. The first-order chi connectivity index (χ1) is 4.97. The SMILES string of the molecule is [Cl-].[SH3+].c1ccc2ncccc2c1. The van der Waals surface area contributed by atoms with Crippen LogP contribution in [0.5, 0.6) is 0 Å². The highest BCUT2D eigenvalue weighted by Gasteiger charge is 1.86. The van der Waals surface area contributed by atoms with Gasteiger partial charge in [0, 0.05) is 11.6 Å². The van der Waals surface area contributed by atoms with Gasteiger partial charge in [-0.1, -0.05) is 37.8 Å². The maximum absolute atomic E-state index is 4.18. The van der Waals surface area contributed by atoms with Gasteiger partial charge in [0.05, 0.1) is 5.52 Å². The lowest BCUT2D eigenvalue weighted by molar-refractivity contribution is -0.00000214. The number of halogens is 1. The molecule has 64 valence electrons. The highest BCUT2D eigenvalue weighted by molar-refractivity contribution is 7.37. The van der Waals surface area contributed by atoms with Crippen molar-refractivity contribution in [3.05, 3.63) is 42.6 Å². The van der Waals surface area contributed by atoms with Gasteiger partial charge in [0.2, 0.25) is 0 Å². The molecule has 3 heteroatoms. The Balaban J connectivity index is 0.000000605. The molecule has 0 saturated heterocycles. The predicted octanol–water partition coefficient (Wildman–Crippen LogP) is -1.57. The number of hydrogen-bond acceptors (Lipinski definition) is 1. The van der Waals surface area contributed by atoms with Crippen molar-refractivity contribution in [1.82, 2.24) is 4.98 Å². The maximum Gasteiger partial charge on any atom is 0.0701 e. The van der Waals surface area contributed by atoms with E-state index in [0.717, 1.165) is 5.52 Å². The van der Waals surface area contributed by atoms with E-state index < -0.39 is 0 Å². The molecule has 0 N–H and O–H groups in total. The van der Waals surface area contributed by atoms with Crippen LogP contribution in [0.2, 0.25) is 0 Å². The molecular formula is C9H10ClNS. The van der Waals surface area contributed by atoms with Gasteiger partial charge in [0.25, 0.3) is 0 Å². The molecule has 0 aliphatic carbocycles. The minimum atomic E-state index is 0. The molecule has 0 atom stereocenters. The van der Waals surface area contributed by atoms with E-state index in [1.165, 1.54) is 5.39 Å². The Bertz CT molecular complexity index is 286. The van der Waals surface area contributed by atoms with Crippen molar-refractivity contribution < 1.29 is 12.4 Å². The standard InChI is InChI=1S/C9H7N.ClH.H2S/c1-2-6-9-8(4-1)5-3-7-10-9;;/h1-7H;1H;1H2. The van der Waals surface area contributed by atoms with Crippen LogP contribution in [-0.2, 0) is 13.5 Å². The summed E-state index contributed by atoms with van der Waals surface area (Å²) in [5.74, 6) is 0. The molecule has 0 fully saturated rings. The second-order valence-electron chi connectivity index (χ2n) is 2.20. The first kappa shape index (κ1) is 11.3. The zero-order valence-corrected chi connectivity index (χ0v) is 8.35. The number of rotatable bonds is 0. The molecule has 1 aromatic heterocycles. The van der Waals surface area contributed by atoms with Gasteiger partial charge >= 0.3 is 0 Å². The van der Waals surface area contributed by atoms with Crippen LogP contribution >= 0.6 is 0 Å². The summed E-state index contributed by atoms with van der Waals surface area (Å²) in [5.41, 5.74) is 1.06. The molecule has 0 radical (unpaired) electrons. The molecule has 1 aromatic carbocycles.